The normalized spacial score (nSPS) is 30.1. The molecule has 2 N–H and O–H groups in total. The second-order valence-corrected chi connectivity index (χ2v) is 5.85. The number of β-amino-alcohol motifs (C(OH)–C–C–N with tert-alkyl or cyclic N) is 1. The Morgan fingerprint density at radius 1 is 1.41 bits per heavy atom. The van der Waals surface area contributed by atoms with E-state index in [9.17, 15) is 5.11 Å². The minimum atomic E-state index is -0.694. The van der Waals surface area contributed by atoms with Gasteiger partial charge in [-0.05, 0) is 32.9 Å². The van der Waals surface area contributed by atoms with Crippen LogP contribution in [0.5, 0.6) is 0 Å². The molecular weight excluding hydrogens is 216 g/mol. The number of hydrogen-bond donors (Lipinski definition) is 2. The lowest BCUT2D eigenvalue weighted by molar-refractivity contribution is 0.00361. The molecule has 1 aromatic heterocycles. The molecule has 1 aromatic rings. The Morgan fingerprint density at radius 3 is 2.82 bits per heavy atom. The van der Waals surface area contributed by atoms with Gasteiger partial charge in [0.15, 0.2) is 0 Å². The molecule has 1 fully saturated rings. The molecule has 4 nitrogen and oxygen atoms in total. The van der Waals surface area contributed by atoms with Crippen molar-refractivity contribution in [2.24, 2.45) is 0 Å². The van der Waals surface area contributed by atoms with Crippen LogP contribution < -0.4 is 5.32 Å². The first kappa shape index (κ1) is 12.6. The Balaban J connectivity index is 2.15. The molecule has 2 heterocycles. The molecular formula is C13H22N2O2. The molecule has 0 amide bonds. The van der Waals surface area contributed by atoms with E-state index in [0.29, 0.717) is 13.1 Å². The first-order chi connectivity index (χ1) is 7.89. The van der Waals surface area contributed by atoms with Crippen LogP contribution in [-0.2, 0) is 6.54 Å². The van der Waals surface area contributed by atoms with Crippen molar-refractivity contribution < 1.29 is 9.52 Å². The van der Waals surface area contributed by atoms with Crippen molar-refractivity contribution in [2.75, 3.05) is 19.6 Å². The highest BCUT2D eigenvalue weighted by molar-refractivity contribution is 5.02. The summed E-state index contributed by atoms with van der Waals surface area (Å²) in [4.78, 5) is 2.27. The minimum Gasteiger partial charge on any atom is -0.468 e. The third-order valence-corrected chi connectivity index (χ3v) is 3.38. The van der Waals surface area contributed by atoms with Gasteiger partial charge in [0, 0.05) is 25.2 Å². The van der Waals surface area contributed by atoms with E-state index >= 15 is 0 Å². The number of nitrogens with one attached hydrogen (secondary N) is 1. The third kappa shape index (κ3) is 3.09. The summed E-state index contributed by atoms with van der Waals surface area (Å²) in [6.45, 7) is 9.12. The van der Waals surface area contributed by atoms with E-state index < -0.39 is 5.60 Å². The maximum absolute atomic E-state index is 10.3. The number of rotatable bonds is 2. The van der Waals surface area contributed by atoms with E-state index in [1.165, 1.54) is 0 Å². The molecule has 2 rings (SSSR count). The van der Waals surface area contributed by atoms with Gasteiger partial charge in [0.2, 0.25) is 0 Å². The van der Waals surface area contributed by atoms with Crippen LogP contribution in [0.1, 0.15) is 26.5 Å². The third-order valence-electron chi connectivity index (χ3n) is 3.38. The zero-order valence-electron chi connectivity index (χ0n) is 10.9. The van der Waals surface area contributed by atoms with Crippen molar-refractivity contribution in [3.8, 4) is 0 Å². The van der Waals surface area contributed by atoms with Gasteiger partial charge in [-0.25, -0.2) is 0 Å². The summed E-state index contributed by atoms with van der Waals surface area (Å²) >= 11 is 0. The summed E-state index contributed by atoms with van der Waals surface area (Å²) in [6.07, 6.45) is 1.69. The van der Waals surface area contributed by atoms with Gasteiger partial charge >= 0.3 is 0 Å². The van der Waals surface area contributed by atoms with Gasteiger partial charge < -0.3 is 14.8 Å². The predicted octanol–water partition coefficient (Wildman–Crippen LogP) is 1.21. The van der Waals surface area contributed by atoms with Crippen molar-refractivity contribution in [3.05, 3.63) is 24.2 Å². The lowest BCUT2D eigenvalue weighted by atomic mass is 10.0. The summed E-state index contributed by atoms with van der Waals surface area (Å²) in [5.74, 6) is 0.941. The fourth-order valence-electron chi connectivity index (χ4n) is 2.29. The van der Waals surface area contributed by atoms with E-state index in [1.807, 2.05) is 19.1 Å². The maximum atomic E-state index is 10.3. The second-order valence-electron chi connectivity index (χ2n) is 5.85. The zero-order valence-corrected chi connectivity index (χ0v) is 10.9. The molecule has 96 valence electrons. The van der Waals surface area contributed by atoms with E-state index in [-0.39, 0.29) is 5.54 Å². The van der Waals surface area contributed by atoms with Crippen molar-refractivity contribution in [1.82, 2.24) is 10.2 Å². The Morgan fingerprint density at radius 2 is 2.18 bits per heavy atom. The van der Waals surface area contributed by atoms with E-state index in [2.05, 4.69) is 24.1 Å². The molecule has 0 radical (unpaired) electrons. The largest absolute Gasteiger partial charge is 0.468 e. The average Bonchev–Trinajstić information content (AvgIpc) is 2.64. The molecule has 1 atom stereocenters. The fraction of sp³-hybridized carbons (Fsp3) is 0.692. The van der Waals surface area contributed by atoms with Crippen LogP contribution in [-0.4, -0.2) is 40.8 Å². The van der Waals surface area contributed by atoms with Crippen LogP contribution in [0.25, 0.3) is 0 Å². The molecule has 1 saturated heterocycles. The number of hydrogen-bond acceptors (Lipinski definition) is 4. The Bertz CT molecular complexity index is 358. The second kappa shape index (κ2) is 4.44. The summed E-state index contributed by atoms with van der Waals surface area (Å²) in [5, 5.41) is 13.6. The average molecular weight is 238 g/mol. The van der Waals surface area contributed by atoms with Crippen LogP contribution in [0.4, 0.5) is 0 Å². The van der Waals surface area contributed by atoms with E-state index in [0.717, 1.165) is 18.8 Å². The molecule has 0 aromatic carbocycles. The highest BCUT2D eigenvalue weighted by Crippen LogP contribution is 2.23. The van der Waals surface area contributed by atoms with Gasteiger partial charge in [-0.15, -0.1) is 0 Å². The number of nitrogens with zero attached hydrogens (tertiary/aromatic N) is 1. The number of furan rings is 1. The first-order valence-corrected chi connectivity index (χ1v) is 6.10. The summed E-state index contributed by atoms with van der Waals surface area (Å²) in [6, 6.07) is 3.87. The molecule has 1 aliphatic heterocycles. The quantitative estimate of drug-likeness (QED) is 0.813. The topological polar surface area (TPSA) is 48.6 Å². The maximum Gasteiger partial charge on any atom is 0.117 e. The van der Waals surface area contributed by atoms with Gasteiger partial charge in [0.1, 0.15) is 5.76 Å². The highest BCUT2D eigenvalue weighted by atomic mass is 16.3. The highest BCUT2D eigenvalue weighted by Gasteiger charge is 2.36. The SMILES string of the molecule is CC1(O)CNCC(C)(C)N(Cc2ccco2)C1. The monoisotopic (exact) mass is 238 g/mol. The summed E-state index contributed by atoms with van der Waals surface area (Å²) in [7, 11) is 0. The van der Waals surface area contributed by atoms with Crippen molar-refractivity contribution in [3.63, 3.8) is 0 Å². The molecule has 0 saturated carbocycles. The Hall–Kier alpha value is -0.840. The van der Waals surface area contributed by atoms with Crippen LogP contribution in [0.2, 0.25) is 0 Å². The van der Waals surface area contributed by atoms with Crippen molar-refractivity contribution in [1.29, 1.82) is 0 Å². The van der Waals surface area contributed by atoms with Crippen molar-refractivity contribution in [2.45, 2.75) is 38.5 Å². The van der Waals surface area contributed by atoms with Crippen LogP contribution in [0.15, 0.2) is 22.8 Å². The van der Waals surface area contributed by atoms with Gasteiger partial charge in [-0.2, -0.15) is 0 Å². The smallest absolute Gasteiger partial charge is 0.117 e. The Kier molecular flexibility index (Phi) is 3.30. The first-order valence-electron chi connectivity index (χ1n) is 6.10. The Labute approximate surface area is 103 Å². The van der Waals surface area contributed by atoms with Crippen LogP contribution >= 0.6 is 0 Å². The summed E-state index contributed by atoms with van der Waals surface area (Å²) < 4.78 is 5.39. The molecule has 1 unspecified atom stereocenters. The molecule has 0 spiro atoms. The van der Waals surface area contributed by atoms with Gasteiger partial charge in [-0.3, -0.25) is 4.90 Å². The fourth-order valence-corrected chi connectivity index (χ4v) is 2.29. The molecule has 0 bridgehead atoms. The van der Waals surface area contributed by atoms with E-state index in [1.54, 1.807) is 6.26 Å². The molecule has 17 heavy (non-hydrogen) atoms. The predicted molar refractivity (Wildman–Crippen MR) is 66.7 cm³/mol. The van der Waals surface area contributed by atoms with Gasteiger partial charge in [0.25, 0.3) is 0 Å². The summed E-state index contributed by atoms with van der Waals surface area (Å²) in [5.41, 5.74) is -0.687. The van der Waals surface area contributed by atoms with Gasteiger partial charge in [-0.1, -0.05) is 0 Å². The minimum absolute atomic E-state index is 0.00722. The lowest BCUT2D eigenvalue weighted by Crippen LogP contribution is -2.50. The van der Waals surface area contributed by atoms with E-state index in [4.69, 9.17) is 4.42 Å². The molecule has 1 aliphatic rings. The van der Waals surface area contributed by atoms with Gasteiger partial charge in [0.05, 0.1) is 18.4 Å². The van der Waals surface area contributed by atoms with Crippen LogP contribution in [0, 0.1) is 0 Å². The van der Waals surface area contributed by atoms with Crippen molar-refractivity contribution >= 4 is 0 Å². The van der Waals surface area contributed by atoms with Crippen LogP contribution in [0.3, 0.4) is 0 Å². The lowest BCUT2D eigenvalue weighted by Gasteiger charge is -2.38. The molecule has 4 heteroatoms. The number of aliphatic hydroxyl groups is 1. The zero-order chi connectivity index (χ0) is 12.5. The molecule has 0 aliphatic carbocycles. The standard InChI is InChI=1S/C13H22N2O2/c1-12(2)8-14-9-13(3,16)10-15(12)7-11-5-4-6-17-11/h4-6,14,16H,7-10H2,1-3H3.